The van der Waals surface area contributed by atoms with Crippen LogP contribution < -0.4 is 5.32 Å². The zero-order valence-corrected chi connectivity index (χ0v) is 25.6. The van der Waals surface area contributed by atoms with Crippen molar-refractivity contribution in [2.75, 3.05) is 51.2 Å². The van der Waals surface area contributed by atoms with E-state index in [2.05, 4.69) is 15.2 Å². The Hall–Kier alpha value is -2.36. The third-order valence-electron chi connectivity index (χ3n) is 6.83. The first-order valence-electron chi connectivity index (χ1n) is 13.3. The number of nitrogens with one attached hydrogen (secondary N) is 1. The maximum Gasteiger partial charge on any atom is 0.435 e. The van der Waals surface area contributed by atoms with Crippen LogP contribution in [0.15, 0.2) is 0 Å². The Morgan fingerprint density at radius 1 is 1.05 bits per heavy atom. The van der Waals surface area contributed by atoms with E-state index in [1.54, 1.807) is 25.7 Å². The van der Waals surface area contributed by atoms with Crippen molar-refractivity contribution in [1.29, 1.82) is 0 Å². The van der Waals surface area contributed by atoms with Crippen LogP contribution in [0.4, 0.5) is 27.9 Å². The van der Waals surface area contributed by atoms with Gasteiger partial charge in [-0.15, -0.1) is 0 Å². The molecule has 4 amide bonds. The highest BCUT2D eigenvalue weighted by Gasteiger charge is 2.44. The van der Waals surface area contributed by atoms with E-state index in [0.717, 1.165) is 0 Å². The van der Waals surface area contributed by atoms with E-state index in [0.29, 0.717) is 31.0 Å². The second-order valence-corrected chi connectivity index (χ2v) is 13.6. The van der Waals surface area contributed by atoms with Crippen molar-refractivity contribution < 1.29 is 37.4 Å². The predicted octanol–water partition coefficient (Wildman–Crippen LogP) is 3.96. The smallest absolute Gasteiger partial charge is 0.435 e. The Balaban J connectivity index is 1.77. The zero-order valence-electron chi connectivity index (χ0n) is 24.0. The predicted molar refractivity (Wildman–Crippen MR) is 148 cm³/mol. The number of carbonyl (C=O) groups is 3. The molecule has 3 heterocycles. The van der Waals surface area contributed by atoms with Crippen LogP contribution in [0.1, 0.15) is 53.7 Å². The highest BCUT2D eigenvalue weighted by Crippen LogP contribution is 2.39. The van der Waals surface area contributed by atoms with Gasteiger partial charge in [-0.2, -0.15) is 13.2 Å². The summed E-state index contributed by atoms with van der Waals surface area (Å²) in [6.45, 7) is 12.4. The summed E-state index contributed by atoms with van der Waals surface area (Å²) in [5.41, 5.74) is -2.29. The maximum atomic E-state index is 13.9. The zero-order chi connectivity index (χ0) is 30.9. The van der Waals surface area contributed by atoms with Crippen LogP contribution in [0.25, 0.3) is 0 Å². The van der Waals surface area contributed by atoms with Crippen molar-refractivity contribution in [2.24, 2.45) is 0 Å². The fourth-order valence-electron chi connectivity index (χ4n) is 4.77. The summed E-state index contributed by atoms with van der Waals surface area (Å²) >= 11 is 6.16. The average molecular weight is 627 g/mol. The number of thiazole rings is 1. The van der Waals surface area contributed by atoms with Crippen LogP contribution in [0.5, 0.6) is 0 Å². The molecule has 16 heteroatoms. The van der Waals surface area contributed by atoms with Crippen LogP contribution in [-0.2, 0) is 15.7 Å². The fourth-order valence-corrected chi connectivity index (χ4v) is 5.84. The van der Waals surface area contributed by atoms with Crippen LogP contribution in [0.2, 0.25) is 4.34 Å². The van der Waals surface area contributed by atoms with Gasteiger partial charge in [0.25, 0.3) is 0 Å². The summed E-state index contributed by atoms with van der Waals surface area (Å²) in [5.74, 6) is -0.311. The average Bonchev–Trinajstić information content (AvgIpc) is 3.22. The Morgan fingerprint density at radius 3 is 2.22 bits per heavy atom. The van der Waals surface area contributed by atoms with Crippen molar-refractivity contribution >= 4 is 46.1 Å². The van der Waals surface area contributed by atoms with Crippen LogP contribution >= 0.6 is 22.9 Å². The van der Waals surface area contributed by atoms with Gasteiger partial charge in [-0.25, -0.2) is 14.6 Å². The number of aliphatic hydroxyl groups is 1. The fraction of sp³-hybridized carbons (Fsp3) is 0.760. The minimum absolute atomic E-state index is 0.0512. The minimum Gasteiger partial charge on any atom is -0.444 e. The monoisotopic (exact) mass is 626 g/mol. The van der Waals surface area contributed by atoms with Gasteiger partial charge in [0.15, 0.2) is 10.8 Å². The molecule has 2 aliphatic heterocycles. The number of rotatable bonds is 4. The molecular weight excluding hydrogens is 589 g/mol. The number of anilines is 1. The van der Waals surface area contributed by atoms with Crippen molar-refractivity contribution in [2.45, 2.75) is 77.4 Å². The number of nitrogens with zero attached hydrogens (tertiary/aromatic N) is 5. The molecule has 232 valence electrons. The molecule has 2 atom stereocenters. The molecule has 41 heavy (non-hydrogen) atoms. The van der Waals surface area contributed by atoms with E-state index in [4.69, 9.17) is 16.3 Å². The van der Waals surface area contributed by atoms with E-state index >= 15 is 0 Å². The Morgan fingerprint density at radius 2 is 1.68 bits per heavy atom. The number of carbonyl (C=O) groups excluding carboxylic acids is 3. The molecule has 1 aromatic heterocycles. The lowest BCUT2D eigenvalue weighted by molar-refractivity contribution is -0.143. The molecule has 11 nitrogen and oxygen atoms in total. The minimum atomic E-state index is -4.77. The van der Waals surface area contributed by atoms with Gasteiger partial charge < -0.3 is 19.6 Å². The molecule has 1 aromatic rings. The second-order valence-electron chi connectivity index (χ2n) is 12.0. The Bertz CT molecular complexity index is 1120. The quantitative estimate of drug-likeness (QED) is 0.519. The lowest BCUT2D eigenvalue weighted by Gasteiger charge is -2.48. The number of urea groups is 1. The standard InChI is InChI=1S/C25H38ClF3N6O5S/c1-23(2,3)33-9-11-35(22(39)40-24(4,5)6)16(14-33)19(37)32-8-10-34(15(13-32)7-12-36)21(38)31-20-30-17(18(26)41-20)25(27,28)29/h15-16,36H,7-14H2,1-6H3,(H,30,31,38). The molecule has 0 radical (unpaired) electrons. The van der Waals surface area contributed by atoms with E-state index in [1.807, 2.05) is 20.8 Å². The second kappa shape index (κ2) is 12.5. The van der Waals surface area contributed by atoms with Crippen LogP contribution in [-0.4, -0.2) is 117 Å². The summed E-state index contributed by atoms with van der Waals surface area (Å²) in [6.07, 6.45) is -5.23. The summed E-state index contributed by atoms with van der Waals surface area (Å²) in [4.78, 5) is 49.9. The highest BCUT2D eigenvalue weighted by atomic mass is 35.5. The summed E-state index contributed by atoms with van der Waals surface area (Å²) in [7, 11) is 0. The Kier molecular flexibility index (Phi) is 10.1. The van der Waals surface area contributed by atoms with Crippen molar-refractivity contribution in [3.8, 4) is 0 Å². The molecule has 0 saturated carbocycles. The molecule has 2 fully saturated rings. The third-order valence-corrected chi connectivity index (χ3v) is 8.00. The lowest BCUT2D eigenvalue weighted by atomic mass is 10.0. The molecule has 2 N–H and O–H groups in total. The van der Waals surface area contributed by atoms with Gasteiger partial charge in [-0.05, 0) is 48.0 Å². The number of piperazine rings is 2. The number of hydrogen-bond acceptors (Lipinski definition) is 8. The summed E-state index contributed by atoms with van der Waals surface area (Å²) in [6, 6.07) is -2.18. The van der Waals surface area contributed by atoms with E-state index in [1.165, 1.54) is 9.80 Å². The number of alkyl halides is 3. The van der Waals surface area contributed by atoms with Gasteiger partial charge in [0.2, 0.25) is 5.91 Å². The van der Waals surface area contributed by atoms with Crippen molar-refractivity contribution in [3.63, 3.8) is 0 Å². The van der Waals surface area contributed by atoms with E-state index in [-0.39, 0.29) is 49.2 Å². The van der Waals surface area contributed by atoms with Crippen molar-refractivity contribution in [3.05, 3.63) is 10.0 Å². The van der Waals surface area contributed by atoms with Gasteiger partial charge in [-0.1, -0.05) is 22.9 Å². The number of amides is 4. The molecule has 0 bridgehead atoms. The molecule has 2 saturated heterocycles. The summed E-state index contributed by atoms with van der Waals surface area (Å²) < 4.78 is 44.2. The number of halogens is 4. The first-order valence-corrected chi connectivity index (χ1v) is 14.5. The van der Waals surface area contributed by atoms with Crippen LogP contribution in [0, 0.1) is 0 Å². The van der Waals surface area contributed by atoms with Crippen LogP contribution in [0.3, 0.4) is 0 Å². The SMILES string of the molecule is CC(C)(C)OC(=O)N1CCN(C(C)(C)C)CC1C(=O)N1CCN(C(=O)Nc2nc(C(F)(F)F)c(Cl)s2)C(CCO)C1. The molecule has 0 spiro atoms. The number of ether oxygens (including phenoxy) is 1. The number of aromatic nitrogens is 1. The molecule has 0 aliphatic carbocycles. The molecule has 2 unspecified atom stereocenters. The first kappa shape index (κ1) is 33.1. The molecular formula is C25H38ClF3N6O5S. The molecule has 0 aromatic carbocycles. The highest BCUT2D eigenvalue weighted by molar-refractivity contribution is 7.19. The number of hydrogen-bond donors (Lipinski definition) is 2. The molecule has 2 aliphatic rings. The van der Waals surface area contributed by atoms with Gasteiger partial charge in [0, 0.05) is 51.4 Å². The van der Waals surface area contributed by atoms with Crippen molar-refractivity contribution in [1.82, 2.24) is 24.6 Å². The maximum absolute atomic E-state index is 13.9. The third kappa shape index (κ3) is 8.36. The van der Waals surface area contributed by atoms with Gasteiger partial charge in [0.1, 0.15) is 16.0 Å². The number of aliphatic hydroxyl groups excluding tert-OH is 1. The summed E-state index contributed by atoms with van der Waals surface area (Å²) in [5, 5.41) is 11.7. The van der Waals surface area contributed by atoms with E-state index < -0.39 is 46.0 Å². The van der Waals surface area contributed by atoms with Gasteiger partial charge in [0.05, 0.1) is 6.04 Å². The lowest BCUT2D eigenvalue weighted by Crippen LogP contribution is -2.66. The van der Waals surface area contributed by atoms with Gasteiger partial charge >= 0.3 is 18.3 Å². The molecule has 3 rings (SSSR count). The first-order chi connectivity index (χ1) is 18.8. The normalized spacial score (nSPS) is 21.2. The topological polar surface area (TPSA) is 119 Å². The largest absolute Gasteiger partial charge is 0.444 e. The Labute approximate surface area is 246 Å². The van der Waals surface area contributed by atoms with E-state index in [9.17, 15) is 32.7 Å². The van der Waals surface area contributed by atoms with Gasteiger partial charge in [-0.3, -0.25) is 19.9 Å².